The summed E-state index contributed by atoms with van der Waals surface area (Å²) in [4.78, 5) is 11.7. The molecule has 0 fully saturated rings. The molecular formula is C15H27N3OS2. The van der Waals surface area contributed by atoms with E-state index >= 15 is 0 Å². The molecule has 1 heterocycles. The quantitative estimate of drug-likeness (QED) is 0.396. The standard InChI is InChI=1S/C15H27N3OS2/c1-2-3-4-5-6-7-8-9-10-11-12-13(19)16-14-17-18-15(20)21-14/h2-12H2,1H3,(H,18,20)(H,16,17,19). The molecule has 0 radical (unpaired) electrons. The highest BCUT2D eigenvalue weighted by Gasteiger charge is 2.04. The van der Waals surface area contributed by atoms with Gasteiger partial charge in [-0.1, -0.05) is 76.0 Å². The molecule has 1 amide bonds. The van der Waals surface area contributed by atoms with E-state index in [2.05, 4.69) is 22.4 Å². The van der Waals surface area contributed by atoms with Crippen LogP contribution in [0.3, 0.4) is 0 Å². The number of amides is 1. The molecule has 2 N–H and O–H groups in total. The third-order valence-electron chi connectivity index (χ3n) is 3.44. The molecule has 0 aromatic carbocycles. The number of hydrogen-bond acceptors (Lipinski definition) is 4. The van der Waals surface area contributed by atoms with Crippen molar-refractivity contribution in [1.82, 2.24) is 10.2 Å². The second kappa shape index (κ2) is 11.9. The van der Waals surface area contributed by atoms with Gasteiger partial charge in [0.25, 0.3) is 0 Å². The maximum atomic E-state index is 11.7. The minimum absolute atomic E-state index is 0.0346. The van der Waals surface area contributed by atoms with Gasteiger partial charge in [-0.3, -0.25) is 9.89 Å². The smallest absolute Gasteiger partial charge is 0.226 e. The molecule has 0 aliphatic heterocycles. The fourth-order valence-electron chi connectivity index (χ4n) is 2.24. The lowest BCUT2D eigenvalue weighted by molar-refractivity contribution is -0.116. The lowest BCUT2D eigenvalue weighted by Crippen LogP contribution is -2.10. The van der Waals surface area contributed by atoms with Crippen LogP contribution >= 0.6 is 23.6 Å². The number of carbonyl (C=O) groups is 1. The second-order valence-corrected chi connectivity index (χ2v) is 7.06. The molecule has 120 valence electrons. The number of unbranched alkanes of at least 4 members (excludes halogenated alkanes) is 9. The third kappa shape index (κ3) is 9.74. The molecule has 0 atom stereocenters. The summed E-state index contributed by atoms with van der Waals surface area (Å²) in [5.74, 6) is 0.0346. The van der Waals surface area contributed by atoms with Gasteiger partial charge in [0, 0.05) is 6.42 Å². The SMILES string of the molecule is CCCCCCCCCCCCC(=O)Nc1n[nH]c(=S)s1. The van der Waals surface area contributed by atoms with Crippen molar-refractivity contribution in [3.05, 3.63) is 3.95 Å². The van der Waals surface area contributed by atoms with Crippen molar-refractivity contribution in [3.8, 4) is 0 Å². The Balaban J connectivity index is 1.90. The van der Waals surface area contributed by atoms with Crippen LogP contribution in [0, 0.1) is 3.95 Å². The number of aromatic nitrogens is 2. The fraction of sp³-hybridized carbons (Fsp3) is 0.800. The Morgan fingerprint density at radius 1 is 1.10 bits per heavy atom. The minimum atomic E-state index is 0.0346. The van der Waals surface area contributed by atoms with Gasteiger partial charge in [0.15, 0.2) is 3.95 Å². The Morgan fingerprint density at radius 3 is 2.19 bits per heavy atom. The van der Waals surface area contributed by atoms with Gasteiger partial charge in [0.05, 0.1) is 0 Å². The van der Waals surface area contributed by atoms with Gasteiger partial charge < -0.3 is 5.32 Å². The van der Waals surface area contributed by atoms with E-state index in [-0.39, 0.29) is 5.91 Å². The molecule has 0 aliphatic rings. The highest BCUT2D eigenvalue weighted by Crippen LogP contribution is 2.13. The Hall–Kier alpha value is -0.750. The average Bonchev–Trinajstić information content (AvgIpc) is 2.86. The Bertz CT molecular complexity index is 442. The zero-order chi connectivity index (χ0) is 15.3. The third-order valence-corrected chi connectivity index (χ3v) is 4.45. The number of carbonyl (C=O) groups excluding carboxylic acids is 1. The predicted molar refractivity (Wildman–Crippen MR) is 92.4 cm³/mol. The maximum absolute atomic E-state index is 11.7. The van der Waals surface area contributed by atoms with Crippen LogP contribution in [0.4, 0.5) is 5.13 Å². The van der Waals surface area contributed by atoms with Gasteiger partial charge in [-0.15, -0.1) is 5.10 Å². The van der Waals surface area contributed by atoms with Gasteiger partial charge in [-0.05, 0) is 18.6 Å². The Morgan fingerprint density at radius 2 is 1.67 bits per heavy atom. The zero-order valence-corrected chi connectivity index (χ0v) is 14.6. The zero-order valence-electron chi connectivity index (χ0n) is 13.0. The van der Waals surface area contributed by atoms with Crippen LogP contribution in [0.1, 0.15) is 77.6 Å². The fourth-order valence-corrected chi connectivity index (χ4v) is 3.04. The molecule has 0 unspecified atom stereocenters. The summed E-state index contributed by atoms with van der Waals surface area (Å²) in [5, 5.41) is 9.89. The highest BCUT2D eigenvalue weighted by atomic mass is 32.1. The van der Waals surface area contributed by atoms with Crippen LogP contribution in [0.25, 0.3) is 0 Å². The van der Waals surface area contributed by atoms with E-state index in [0.717, 1.165) is 12.8 Å². The molecule has 0 spiro atoms. The van der Waals surface area contributed by atoms with Gasteiger partial charge in [-0.25, -0.2) is 0 Å². The Labute approximate surface area is 136 Å². The van der Waals surface area contributed by atoms with Crippen LogP contribution in [0.2, 0.25) is 0 Å². The molecule has 1 aromatic heterocycles. The summed E-state index contributed by atoms with van der Waals surface area (Å²) in [5.41, 5.74) is 0. The first-order chi connectivity index (χ1) is 10.2. The molecule has 4 nitrogen and oxygen atoms in total. The van der Waals surface area contributed by atoms with Crippen LogP contribution < -0.4 is 5.32 Å². The molecule has 0 saturated carbocycles. The molecular weight excluding hydrogens is 302 g/mol. The lowest BCUT2D eigenvalue weighted by Gasteiger charge is -2.03. The number of rotatable bonds is 12. The van der Waals surface area contributed by atoms with Gasteiger partial charge in [0.2, 0.25) is 11.0 Å². The van der Waals surface area contributed by atoms with Crippen LogP contribution in [-0.2, 0) is 4.79 Å². The molecule has 0 bridgehead atoms. The summed E-state index contributed by atoms with van der Waals surface area (Å²) in [6.07, 6.45) is 13.4. The van der Waals surface area contributed by atoms with Gasteiger partial charge in [0.1, 0.15) is 0 Å². The van der Waals surface area contributed by atoms with E-state index in [1.165, 1.54) is 62.7 Å². The van der Waals surface area contributed by atoms with Crippen LogP contribution in [0.15, 0.2) is 0 Å². The molecule has 1 rings (SSSR count). The molecule has 0 aliphatic carbocycles. The predicted octanol–water partition coefficient (Wildman–Crippen LogP) is 5.45. The first-order valence-corrected chi connectivity index (χ1v) is 9.30. The van der Waals surface area contributed by atoms with E-state index in [0.29, 0.717) is 15.5 Å². The number of aromatic amines is 1. The summed E-state index contributed by atoms with van der Waals surface area (Å²) < 4.78 is 0.587. The van der Waals surface area contributed by atoms with E-state index in [9.17, 15) is 4.79 Å². The number of anilines is 1. The normalized spacial score (nSPS) is 10.7. The number of nitrogens with zero attached hydrogens (tertiary/aromatic N) is 1. The van der Waals surface area contributed by atoms with Crippen LogP contribution in [0.5, 0.6) is 0 Å². The van der Waals surface area contributed by atoms with Crippen molar-refractivity contribution < 1.29 is 4.79 Å². The minimum Gasteiger partial charge on any atom is -0.301 e. The van der Waals surface area contributed by atoms with Crippen molar-refractivity contribution in [2.75, 3.05) is 5.32 Å². The maximum Gasteiger partial charge on any atom is 0.226 e. The highest BCUT2D eigenvalue weighted by molar-refractivity contribution is 7.73. The first-order valence-electron chi connectivity index (χ1n) is 8.07. The summed E-state index contributed by atoms with van der Waals surface area (Å²) >= 11 is 6.21. The molecule has 1 aromatic rings. The van der Waals surface area contributed by atoms with Crippen molar-refractivity contribution >= 4 is 34.6 Å². The van der Waals surface area contributed by atoms with E-state index in [1.54, 1.807) is 0 Å². The lowest BCUT2D eigenvalue weighted by atomic mass is 10.1. The van der Waals surface area contributed by atoms with Crippen molar-refractivity contribution in [2.45, 2.75) is 77.6 Å². The summed E-state index contributed by atoms with van der Waals surface area (Å²) in [6.45, 7) is 2.25. The topological polar surface area (TPSA) is 57.8 Å². The number of nitrogens with one attached hydrogen (secondary N) is 2. The Kier molecular flexibility index (Phi) is 10.3. The van der Waals surface area contributed by atoms with Gasteiger partial charge in [-0.2, -0.15) is 0 Å². The first kappa shape index (κ1) is 18.3. The molecule has 0 saturated heterocycles. The van der Waals surface area contributed by atoms with Crippen molar-refractivity contribution in [1.29, 1.82) is 0 Å². The second-order valence-electron chi connectivity index (χ2n) is 5.40. The van der Waals surface area contributed by atoms with Crippen molar-refractivity contribution in [2.24, 2.45) is 0 Å². The van der Waals surface area contributed by atoms with E-state index < -0.39 is 0 Å². The average molecular weight is 330 g/mol. The van der Waals surface area contributed by atoms with E-state index in [4.69, 9.17) is 12.2 Å². The number of H-pyrrole nitrogens is 1. The summed E-state index contributed by atoms with van der Waals surface area (Å²) in [7, 11) is 0. The largest absolute Gasteiger partial charge is 0.301 e. The monoisotopic (exact) mass is 329 g/mol. The van der Waals surface area contributed by atoms with Crippen LogP contribution in [-0.4, -0.2) is 16.1 Å². The summed E-state index contributed by atoms with van der Waals surface area (Å²) in [6, 6.07) is 0. The van der Waals surface area contributed by atoms with E-state index in [1.807, 2.05) is 0 Å². The van der Waals surface area contributed by atoms with Gasteiger partial charge >= 0.3 is 0 Å². The van der Waals surface area contributed by atoms with Crippen molar-refractivity contribution in [3.63, 3.8) is 0 Å². The molecule has 21 heavy (non-hydrogen) atoms. The number of hydrogen-bond donors (Lipinski definition) is 2. The molecule has 6 heteroatoms.